The number of hydrogen-bond donors (Lipinski definition) is 3. The number of halogens is 1. The van der Waals surface area contributed by atoms with Crippen molar-refractivity contribution in [3.63, 3.8) is 0 Å². The van der Waals surface area contributed by atoms with Crippen LogP contribution in [0.25, 0.3) is 0 Å². The lowest BCUT2D eigenvalue weighted by molar-refractivity contribution is -0.137. The first kappa shape index (κ1) is 12.3. The lowest BCUT2D eigenvalue weighted by Crippen LogP contribution is -2.40. The summed E-state index contributed by atoms with van der Waals surface area (Å²) in [5, 5.41) is 2.75. The van der Waals surface area contributed by atoms with Gasteiger partial charge in [0.1, 0.15) is 5.82 Å². The minimum atomic E-state index is -0.841. The zero-order chi connectivity index (χ0) is 12.0. The molecule has 0 aliphatic carbocycles. The van der Waals surface area contributed by atoms with Gasteiger partial charge in [-0.15, -0.1) is 0 Å². The van der Waals surface area contributed by atoms with Crippen LogP contribution in [-0.2, 0) is 16.1 Å². The van der Waals surface area contributed by atoms with E-state index in [0.717, 1.165) is 5.56 Å². The molecular weight excluding hydrogens is 213 g/mol. The fourth-order valence-electron chi connectivity index (χ4n) is 1.08. The van der Waals surface area contributed by atoms with Gasteiger partial charge in [0.2, 0.25) is 5.78 Å². The Morgan fingerprint density at radius 3 is 2.44 bits per heavy atom. The Kier molecular flexibility index (Phi) is 4.56. The molecule has 0 fully saturated rings. The highest BCUT2D eigenvalue weighted by molar-refractivity contribution is 6.36. The van der Waals surface area contributed by atoms with Gasteiger partial charge in [0, 0.05) is 6.54 Å². The van der Waals surface area contributed by atoms with Crippen LogP contribution >= 0.6 is 0 Å². The molecule has 86 valence electrons. The number of amides is 1. The Balaban J connectivity index is 2.33. The van der Waals surface area contributed by atoms with Crippen molar-refractivity contribution in [1.82, 2.24) is 10.7 Å². The van der Waals surface area contributed by atoms with Crippen LogP contribution in [0.4, 0.5) is 4.39 Å². The second-order valence-corrected chi connectivity index (χ2v) is 3.13. The Morgan fingerprint density at radius 2 is 1.88 bits per heavy atom. The summed E-state index contributed by atoms with van der Waals surface area (Å²) in [4.78, 5) is 21.7. The van der Waals surface area contributed by atoms with Crippen LogP contribution in [0, 0.1) is 5.82 Å². The molecule has 1 amide bonds. The highest BCUT2D eigenvalue weighted by Gasteiger charge is 2.10. The summed E-state index contributed by atoms with van der Waals surface area (Å²) in [5.74, 6) is 2.98. The van der Waals surface area contributed by atoms with Crippen LogP contribution in [-0.4, -0.2) is 18.2 Å². The summed E-state index contributed by atoms with van der Waals surface area (Å²) in [6.45, 7) is 0.268. The molecule has 0 bridgehead atoms. The quantitative estimate of drug-likeness (QED) is 0.272. The zero-order valence-electron chi connectivity index (χ0n) is 8.50. The number of ketones is 1. The van der Waals surface area contributed by atoms with Crippen molar-refractivity contribution in [3.05, 3.63) is 35.6 Å². The molecule has 0 radical (unpaired) electrons. The predicted molar refractivity (Wildman–Crippen MR) is 55.4 cm³/mol. The van der Waals surface area contributed by atoms with E-state index >= 15 is 0 Å². The number of rotatable bonds is 5. The minimum Gasteiger partial charge on any atom is -0.305 e. The summed E-state index contributed by atoms with van der Waals surface area (Å²) in [5.41, 5.74) is 2.56. The van der Waals surface area contributed by atoms with Gasteiger partial charge in [0.15, 0.2) is 0 Å². The molecule has 0 saturated heterocycles. The number of hydrogen-bond acceptors (Lipinski definition) is 4. The molecule has 1 aromatic carbocycles. The number of Topliss-reactive ketones (excluding diaryl/α,β-unsaturated/α-hetero) is 1. The van der Waals surface area contributed by atoms with Crippen molar-refractivity contribution in [2.24, 2.45) is 5.84 Å². The molecule has 0 spiro atoms. The standard InChI is InChI=1S/C10H12FN3O2/c11-8-3-1-7(2-4-8)5-13-6-9(15)10(16)14-12/h1-4,13H,5-6,12H2,(H,14,16). The Bertz CT molecular complexity index is 378. The molecule has 0 aliphatic heterocycles. The second-order valence-electron chi connectivity index (χ2n) is 3.13. The highest BCUT2D eigenvalue weighted by atomic mass is 19.1. The monoisotopic (exact) mass is 225 g/mol. The third-order valence-corrected chi connectivity index (χ3v) is 1.91. The van der Waals surface area contributed by atoms with E-state index in [-0.39, 0.29) is 12.4 Å². The number of hydrazine groups is 1. The molecule has 0 unspecified atom stereocenters. The number of benzene rings is 1. The second kappa shape index (κ2) is 5.94. The molecule has 0 aliphatic rings. The lowest BCUT2D eigenvalue weighted by atomic mass is 10.2. The van der Waals surface area contributed by atoms with Crippen LogP contribution in [0.2, 0.25) is 0 Å². The molecule has 16 heavy (non-hydrogen) atoms. The van der Waals surface area contributed by atoms with E-state index in [0.29, 0.717) is 6.54 Å². The maximum absolute atomic E-state index is 12.5. The Morgan fingerprint density at radius 1 is 1.25 bits per heavy atom. The first-order valence-electron chi connectivity index (χ1n) is 4.62. The van der Waals surface area contributed by atoms with Crippen LogP contribution in [0.5, 0.6) is 0 Å². The number of carbonyl (C=O) groups excluding carboxylic acids is 2. The normalized spacial score (nSPS) is 9.88. The Labute approximate surface area is 91.8 Å². The third kappa shape index (κ3) is 3.76. The summed E-state index contributed by atoms with van der Waals surface area (Å²) in [6, 6.07) is 5.84. The molecule has 1 aromatic rings. The van der Waals surface area contributed by atoms with Crippen LogP contribution < -0.4 is 16.6 Å². The fraction of sp³-hybridized carbons (Fsp3) is 0.200. The molecule has 4 N–H and O–H groups in total. The van der Waals surface area contributed by atoms with Gasteiger partial charge in [-0.1, -0.05) is 12.1 Å². The molecule has 6 heteroatoms. The smallest absolute Gasteiger partial charge is 0.302 e. The average Bonchev–Trinajstić information content (AvgIpc) is 2.30. The average molecular weight is 225 g/mol. The van der Waals surface area contributed by atoms with E-state index in [1.165, 1.54) is 12.1 Å². The summed E-state index contributed by atoms with van der Waals surface area (Å²) < 4.78 is 12.5. The van der Waals surface area contributed by atoms with Crippen LogP contribution in [0.15, 0.2) is 24.3 Å². The highest BCUT2D eigenvalue weighted by Crippen LogP contribution is 2.01. The van der Waals surface area contributed by atoms with Crippen molar-refractivity contribution in [2.45, 2.75) is 6.54 Å². The largest absolute Gasteiger partial charge is 0.305 e. The van der Waals surface area contributed by atoms with Gasteiger partial charge in [-0.05, 0) is 17.7 Å². The van der Waals surface area contributed by atoms with E-state index in [1.807, 2.05) is 0 Å². The SMILES string of the molecule is NNC(=O)C(=O)CNCc1ccc(F)cc1. The van der Waals surface area contributed by atoms with Crippen LogP contribution in [0.1, 0.15) is 5.56 Å². The first-order valence-corrected chi connectivity index (χ1v) is 4.62. The number of carbonyl (C=O) groups is 2. The fourth-order valence-corrected chi connectivity index (χ4v) is 1.08. The minimum absolute atomic E-state index is 0.111. The Hall–Kier alpha value is -1.79. The van der Waals surface area contributed by atoms with E-state index in [9.17, 15) is 14.0 Å². The van der Waals surface area contributed by atoms with Gasteiger partial charge < -0.3 is 5.32 Å². The van der Waals surface area contributed by atoms with E-state index in [1.54, 1.807) is 17.6 Å². The van der Waals surface area contributed by atoms with Crippen molar-refractivity contribution in [3.8, 4) is 0 Å². The van der Waals surface area contributed by atoms with Crippen molar-refractivity contribution in [2.75, 3.05) is 6.54 Å². The topological polar surface area (TPSA) is 84.2 Å². The van der Waals surface area contributed by atoms with Crippen molar-refractivity contribution < 1.29 is 14.0 Å². The van der Waals surface area contributed by atoms with Crippen LogP contribution in [0.3, 0.4) is 0 Å². The molecule has 1 rings (SSSR count). The summed E-state index contributed by atoms with van der Waals surface area (Å²) in [6.07, 6.45) is 0. The molecular formula is C10H12FN3O2. The maximum Gasteiger partial charge on any atom is 0.302 e. The molecule has 0 heterocycles. The van der Waals surface area contributed by atoms with Crippen molar-refractivity contribution >= 4 is 11.7 Å². The third-order valence-electron chi connectivity index (χ3n) is 1.91. The van der Waals surface area contributed by atoms with Gasteiger partial charge in [0.25, 0.3) is 0 Å². The number of nitrogens with two attached hydrogens (primary N) is 1. The first-order chi connectivity index (χ1) is 7.63. The van der Waals surface area contributed by atoms with Gasteiger partial charge in [0.05, 0.1) is 6.54 Å². The van der Waals surface area contributed by atoms with E-state index in [2.05, 4.69) is 5.32 Å². The summed E-state index contributed by atoms with van der Waals surface area (Å²) in [7, 11) is 0. The lowest BCUT2D eigenvalue weighted by Gasteiger charge is -2.03. The molecule has 0 atom stereocenters. The number of nitrogens with one attached hydrogen (secondary N) is 2. The molecule has 0 aromatic heterocycles. The van der Waals surface area contributed by atoms with E-state index < -0.39 is 11.7 Å². The molecule has 5 nitrogen and oxygen atoms in total. The van der Waals surface area contributed by atoms with Gasteiger partial charge in [-0.3, -0.25) is 15.0 Å². The van der Waals surface area contributed by atoms with Gasteiger partial charge in [-0.25, -0.2) is 10.2 Å². The van der Waals surface area contributed by atoms with E-state index in [4.69, 9.17) is 5.84 Å². The molecule has 0 saturated carbocycles. The van der Waals surface area contributed by atoms with Gasteiger partial charge in [-0.2, -0.15) is 0 Å². The van der Waals surface area contributed by atoms with Gasteiger partial charge >= 0.3 is 5.91 Å². The summed E-state index contributed by atoms with van der Waals surface area (Å²) >= 11 is 0. The van der Waals surface area contributed by atoms with Crippen molar-refractivity contribution in [1.29, 1.82) is 0 Å². The zero-order valence-corrected chi connectivity index (χ0v) is 8.50. The predicted octanol–water partition coefficient (Wildman–Crippen LogP) is -0.526. The maximum atomic E-state index is 12.5.